The Morgan fingerprint density at radius 2 is 1.90 bits per heavy atom. The van der Waals surface area contributed by atoms with Crippen LogP contribution in [-0.2, 0) is 4.79 Å². The molecule has 0 saturated carbocycles. The van der Waals surface area contributed by atoms with E-state index in [1.54, 1.807) is 6.07 Å². The van der Waals surface area contributed by atoms with Crippen LogP contribution in [0, 0.1) is 13.8 Å². The molecule has 1 unspecified atom stereocenters. The average molecular weight is 415 g/mol. The van der Waals surface area contributed by atoms with Crippen molar-refractivity contribution in [1.82, 2.24) is 9.78 Å². The number of rotatable bonds is 3. The van der Waals surface area contributed by atoms with Gasteiger partial charge in [-0.15, -0.1) is 0 Å². The number of benzene rings is 2. The van der Waals surface area contributed by atoms with E-state index < -0.39 is 0 Å². The molecule has 2 aromatic carbocycles. The standard InChI is InChI=1S/C25H25N3O3/c1-14-7-10-17(11-8-14)28-25-22(15(2)27-28)23(16-9-12-19(29)21(13-16)31-3)24-18(26-25)5-4-6-20(24)30/h7-13,23,26,29H,4-6H2,1-3H3. The van der Waals surface area contributed by atoms with Crippen molar-refractivity contribution in [2.45, 2.75) is 39.0 Å². The lowest BCUT2D eigenvalue weighted by Gasteiger charge is -2.33. The van der Waals surface area contributed by atoms with E-state index in [9.17, 15) is 9.90 Å². The van der Waals surface area contributed by atoms with E-state index in [4.69, 9.17) is 9.84 Å². The van der Waals surface area contributed by atoms with Gasteiger partial charge in [-0.2, -0.15) is 5.10 Å². The molecule has 2 aliphatic rings. The number of carbonyl (C=O) groups is 1. The molecule has 6 nitrogen and oxygen atoms in total. The second kappa shape index (κ2) is 7.30. The van der Waals surface area contributed by atoms with Gasteiger partial charge in [0.25, 0.3) is 0 Å². The van der Waals surface area contributed by atoms with Crippen LogP contribution < -0.4 is 10.1 Å². The molecule has 2 N–H and O–H groups in total. The Labute approximate surface area is 181 Å². The number of hydrogen-bond acceptors (Lipinski definition) is 5. The van der Waals surface area contributed by atoms with Gasteiger partial charge in [-0.3, -0.25) is 4.79 Å². The molecule has 0 bridgehead atoms. The van der Waals surface area contributed by atoms with E-state index in [1.807, 2.05) is 23.7 Å². The zero-order chi connectivity index (χ0) is 21.7. The number of Topliss-reactive ketones (excluding diaryl/α,β-unsaturated/α-hetero) is 1. The van der Waals surface area contributed by atoms with E-state index in [0.29, 0.717) is 12.2 Å². The fourth-order valence-corrected chi connectivity index (χ4v) is 4.70. The van der Waals surface area contributed by atoms with Crippen molar-refractivity contribution >= 4 is 11.6 Å². The Balaban J connectivity index is 1.74. The minimum absolute atomic E-state index is 0.0802. The number of allylic oxidation sites excluding steroid dienone is 2. The molecule has 31 heavy (non-hydrogen) atoms. The average Bonchev–Trinajstić information content (AvgIpc) is 3.09. The van der Waals surface area contributed by atoms with Crippen molar-refractivity contribution in [1.29, 1.82) is 0 Å². The van der Waals surface area contributed by atoms with Gasteiger partial charge in [0.2, 0.25) is 0 Å². The third-order valence-corrected chi connectivity index (χ3v) is 6.23. The summed E-state index contributed by atoms with van der Waals surface area (Å²) >= 11 is 0. The van der Waals surface area contributed by atoms with Crippen LogP contribution in [0.2, 0.25) is 0 Å². The van der Waals surface area contributed by atoms with Crippen molar-refractivity contribution in [2.24, 2.45) is 0 Å². The number of aromatic hydroxyl groups is 1. The summed E-state index contributed by atoms with van der Waals surface area (Å²) < 4.78 is 7.28. The third-order valence-electron chi connectivity index (χ3n) is 6.23. The maximum atomic E-state index is 13.1. The summed E-state index contributed by atoms with van der Waals surface area (Å²) in [6.45, 7) is 4.04. The van der Waals surface area contributed by atoms with Crippen molar-refractivity contribution in [2.75, 3.05) is 12.4 Å². The van der Waals surface area contributed by atoms with Gasteiger partial charge >= 0.3 is 0 Å². The maximum absolute atomic E-state index is 13.1. The molecule has 1 aromatic heterocycles. The number of nitrogens with zero attached hydrogens (tertiary/aromatic N) is 2. The summed E-state index contributed by atoms with van der Waals surface area (Å²) in [7, 11) is 1.53. The lowest BCUT2D eigenvalue weighted by molar-refractivity contribution is -0.116. The summed E-state index contributed by atoms with van der Waals surface area (Å²) in [5, 5.41) is 18.5. The number of carbonyl (C=O) groups excluding carboxylic acids is 1. The Morgan fingerprint density at radius 3 is 2.65 bits per heavy atom. The topological polar surface area (TPSA) is 76.4 Å². The molecule has 1 aliphatic heterocycles. The summed E-state index contributed by atoms with van der Waals surface area (Å²) in [5.41, 5.74) is 6.69. The molecule has 0 radical (unpaired) electrons. The van der Waals surface area contributed by atoms with Crippen LogP contribution in [0.5, 0.6) is 11.5 Å². The molecule has 0 spiro atoms. The van der Waals surface area contributed by atoms with Gasteiger partial charge in [-0.1, -0.05) is 23.8 Å². The first-order chi connectivity index (χ1) is 15.0. The third kappa shape index (κ3) is 3.10. The van der Waals surface area contributed by atoms with Crippen molar-refractivity contribution in [3.05, 3.63) is 76.1 Å². The van der Waals surface area contributed by atoms with Crippen LogP contribution in [0.4, 0.5) is 5.82 Å². The second-order valence-corrected chi connectivity index (χ2v) is 8.25. The van der Waals surface area contributed by atoms with Crippen molar-refractivity contribution < 1.29 is 14.6 Å². The van der Waals surface area contributed by atoms with Gasteiger partial charge < -0.3 is 15.2 Å². The summed E-state index contributed by atoms with van der Waals surface area (Å²) in [4.78, 5) is 13.1. The SMILES string of the molecule is COc1cc(C2C3=C(CCCC3=O)Nc3c2c(C)nn3-c2ccc(C)cc2)ccc1O. The summed E-state index contributed by atoms with van der Waals surface area (Å²) in [6.07, 6.45) is 2.21. The lowest BCUT2D eigenvalue weighted by atomic mass is 9.76. The first-order valence-electron chi connectivity index (χ1n) is 10.5. The predicted octanol–water partition coefficient (Wildman–Crippen LogP) is 4.77. The molecule has 1 aliphatic carbocycles. The largest absolute Gasteiger partial charge is 0.504 e. The maximum Gasteiger partial charge on any atom is 0.161 e. The number of fused-ring (bicyclic) bond motifs is 1. The van der Waals surface area contributed by atoms with E-state index in [0.717, 1.165) is 52.4 Å². The zero-order valence-electron chi connectivity index (χ0n) is 17.9. The van der Waals surface area contributed by atoms with Gasteiger partial charge in [0.15, 0.2) is 17.3 Å². The fourth-order valence-electron chi connectivity index (χ4n) is 4.70. The Morgan fingerprint density at radius 1 is 1.13 bits per heavy atom. The van der Waals surface area contributed by atoms with Gasteiger partial charge in [0, 0.05) is 29.2 Å². The van der Waals surface area contributed by atoms with Crippen molar-refractivity contribution in [3.8, 4) is 17.2 Å². The number of hydrogen-bond donors (Lipinski definition) is 2. The number of ether oxygens (including phenoxy) is 1. The molecule has 5 rings (SSSR count). The Hall–Kier alpha value is -3.54. The number of aromatic nitrogens is 2. The summed E-state index contributed by atoms with van der Waals surface area (Å²) in [6, 6.07) is 13.6. The molecule has 158 valence electrons. The van der Waals surface area contributed by atoms with Gasteiger partial charge in [-0.05, 0) is 56.5 Å². The highest BCUT2D eigenvalue weighted by atomic mass is 16.5. The lowest BCUT2D eigenvalue weighted by Crippen LogP contribution is -2.27. The zero-order valence-corrected chi connectivity index (χ0v) is 17.9. The highest BCUT2D eigenvalue weighted by Gasteiger charge is 2.39. The van der Waals surface area contributed by atoms with Crippen LogP contribution in [-0.4, -0.2) is 27.8 Å². The van der Waals surface area contributed by atoms with Crippen LogP contribution in [0.25, 0.3) is 5.69 Å². The number of nitrogens with one attached hydrogen (secondary N) is 1. The van der Waals surface area contributed by atoms with Gasteiger partial charge in [0.05, 0.1) is 18.5 Å². The second-order valence-electron chi connectivity index (χ2n) is 8.25. The number of anilines is 1. The van der Waals surface area contributed by atoms with E-state index >= 15 is 0 Å². The van der Waals surface area contributed by atoms with Gasteiger partial charge in [-0.25, -0.2) is 4.68 Å². The Bertz CT molecular complexity index is 1220. The predicted molar refractivity (Wildman–Crippen MR) is 119 cm³/mol. The normalized spacial score (nSPS) is 17.8. The van der Waals surface area contributed by atoms with E-state index in [1.165, 1.54) is 12.7 Å². The highest BCUT2D eigenvalue weighted by molar-refractivity contribution is 6.01. The highest BCUT2D eigenvalue weighted by Crippen LogP contribution is 2.48. The minimum atomic E-state index is -0.257. The molecule has 6 heteroatoms. The van der Waals surface area contributed by atoms with E-state index in [2.05, 4.69) is 36.5 Å². The van der Waals surface area contributed by atoms with E-state index in [-0.39, 0.29) is 17.5 Å². The van der Waals surface area contributed by atoms with Gasteiger partial charge in [0.1, 0.15) is 5.82 Å². The van der Waals surface area contributed by atoms with Crippen LogP contribution in [0.1, 0.15) is 47.6 Å². The number of phenols is 1. The summed E-state index contributed by atoms with van der Waals surface area (Å²) in [5.74, 6) is 1.28. The van der Waals surface area contributed by atoms with Crippen LogP contribution >= 0.6 is 0 Å². The molecule has 2 heterocycles. The molecule has 3 aromatic rings. The number of methoxy groups -OCH3 is 1. The smallest absolute Gasteiger partial charge is 0.161 e. The molecule has 1 atom stereocenters. The van der Waals surface area contributed by atoms with Crippen LogP contribution in [0.3, 0.4) is 0 Å². The molecule has 0 amide bonds. The van der Waals surface area contributed by atoms with Crippen molar-refractivity contribution in [3.63, 3.8) is 0 Å². The Kier molecular flexibility index (Phi) is 4.58. The minimum Gasteiger partial charge on any atom is -0.504 e. The first kappa shape index (κ1) is 19.4. The first-order valence-corrected chi connectivity index (χ1v) is 10.5. The monoisotopic (exact) mass is 415 g/mol. The molecular formula is C25H25N3O3. The number of ketones is 1. The quantitative estimate of drug-likeness (QED) is 0.645. The molecule has 0 fully saturated rings. The van der Waals surface area contributed by atoms with Crippen LogP contribution in [0.15, 0.2) is 53.7 Å². The molecule has 0 saturated heterocycles. The number of aryl methyl sites for hydroxylation is 2. The molecular weight excluding hydrogens is 390 g/mol. The number of phenolic OH excluding ortho intramolecular Hbond substituents is 1. The fraction of sp³-hybridized carbons (Fsp3) is 0.280.